The van der Waals surface area contributed by atoms with Crippen LogP contribution in [0.1, 0.15) is 17.2 Å². The lowest BCUT2D eigenvalue weighted by atomic mass is 10.1. The van der Waals surface area contributed by atoms with Crippen LogP contribution in [0.15, 0.2) is 54.6 Å². The van der Waals surface area contributed by atoms with Crippen LogP contribution in [0.3, 0.4) is 0 Å². The molecule has 25 heavy (non-hydrogen) atoms. The zero-order valence-electron chi connectivity index (χ0n) is 15.2. The molecule has 2 amide bonds. The van der Waals surface area contributed by atoms with E-state index < -0.39 is 0 Å². The highest BCUT2D eigenvalue weighted by molar-refractivity contribution is 5.73. The summed E-state index contributed by atoms with van der Waals surface area (Å²) in [7, 11) is 4.01. The number of hydrogen-bond donors (Lipinski definition) is 2. The van der Waals surface area contributed by atoms with Crippen molar-refractivity contribution in [1.29, 1.82) is 0 Å². The highest BCUT2D eigenvalue weighted by atomic mass is 16.5. The zero-order chi connectivity index (χ0) is 18.1. The number of hydrogen-bond acceptors (Lipinski definition) is 3. The summed E-state index contributed by atoms with van der Waals surface area (Å²) in [5.74, 6) is 0.810. The Morgan fingerprint density at radius 1 is 1.04 bits per heavy atom. The predicted octanol–water partition coefficient (Wildman–Crippen LogP) is 2.98. The molecule has 0 aliphatic carbocycles. The van der Waals surface area contributed by atoms with Crippen molar-refractivity contribution in [2.24, 2.45) is 0 Å². The summed E-state index contributed by atoms with van der Waals surface area (Å²) >= 11 is 0. The van der Waals surface area contributed by atoms with E-state index in [1.807, 2.05) is 63.5 Å². The monoisotopic (exact) mass is 341 g/mol. The van der Waals surface area contributed by atoms with Gasteiger partial charge < -0.3 is 20.3 Å². The van der Waals surface area contributed by atoms with Crippen LogP contribution in [0, 0.1) is 6.92 Å². The number of carbonyl (C=O) groups excluding carboxylic acids is 1. The summed E-state index contributed by atoms with van der Waals surface area (Å²) in [6, 6.07) is 18.0. The van der Waals surface area contributed by atoms with Gasteiger partial charge in [-0.15, -0.1) is 0 Å². The molecule has 0 saturated carbocycles. The van der Waals surface area contributed by atoms with Crippen molar-refractivity contribution in [2.45, 2.75) is 13.0 Å². The highest BCUT2D eigenvalue weighted by Crippen LogP contribution is 2.16. The first-order valence-electron chi connectivity index (χ1n) is 8.49. The van der Waals surface area contributed by atoms with Crippen LogP contribution in [0.4, 0.5) is 4.79 Å². The van der Waals surface area contributed by atoms with Crippen LogP contribution < -0.4 is 15.4 Å². The Morgan fingerprint density at radius 2 is 1.72 bits per heavy atom. The van der Waals surface area contributed by atoms with Gasteiger partial charge in [-0.3, -0.25) is 0 Å². The number of rotatable bonds is 8. The van der Waals surface area contributed by atoms with Crippen molar-refractivity contribution in [3.05, 3.63) is 65.7 Å². The summed E-state index contributed by atoms with van der Waals surface area (Å²) in [4.78, 5) is 14.1. The first-order valence-corrected chi connectivity index (χ1v) is 8.49. The average Bonchev–Trinajstić information content (AvgIpc) is 2.61. The molecule has 0 bridgehead atoms. The van der Waals surface area contributed by atoms with Gasteiger partial charge >= 0.3 is 6.03 Å². The lowest BCUT2D eigenvalue weighted by Crippen LogP contribution is -2.41. The van der Waals surface area contributed by atoms with E-state index >= 15 is 0 Å². The molecule has 0 saturated heterocycles. The summed E-state index contributed by atoms with van der Waals surface area (Å²) in [5, 5.41) is 5.74. The molecule has 134 valence electrons. The second kappa shape index (κ2) is 9.69. The lowest BCUT2D eigenvalue weighted by Gasteiger charge is -2.25. The van der Waals surface area contributed by atoms with Crippen molar-refractivity contribution in [3.63, 3.8) is 0 Å². The maximum absolute atomic E-state index is 12.0. The number of urea groups is 1. The quantitative estimate of drug-likeness (QED) is 0.726. The van der Waals surface area contributed by atoms with Gasteiger partial charge in [0.05, 0.1) is 12.6 Å². The number of likely N-dealkylation sites (N-methyl/N-ethyl adjacent to an activating group) is 1. The van der Waals surface area contributed by atoms with Crippen LogP contribution in [0.2, 0.25) is 0 Å². The molecule has 2 rings (SSSR count). The molecule has 5 heteroatoms. The number of ether oxygens (including phenoxy) is 1. The molecule has 2 aromatic rings. The van der Waals surface area contributed by atoms with E-state index in [9.17, 15) is 4.79 Å². The number of benzene rings is 2. The molecule has 0 fully saturated rings. The zero-order valence-corrected chi connectivity index (χ0v) is 15.2. The number of carbonyl (C=O) groups is 1. The summed E-state index contributed by atoms with van der Waals surface area (Å²) < 4.78 is 5.59. The molecule has 2 aromatic carbocycles. The Bertz CT molecular complexity index is 642. The van der Waals surface area contributed by atoms with E-state index in [0.29, 0.717) is 19.7 Å². The Labute approximate surface area is 150 Å². The Hall–Kier alpha value is -2.53. The van der Waals surface area contributed by atoms with Crippen molar-refractivity contribution in [3.8, 4) is 5.75 Å². The molecule has 0 radical (unpaired) electrons. The maximum atomic E-state index is 12.0. The smallest absolute Gasteiger partial charge is 0.314 e. The topological polar surface area (TPSA) is 53.6 Å². The third-order valence-corrected chi connectivity index (χ3v) is 3.94. The minimum absolute atomic E-state index is 0.135. The molecule has 0 aliphatic rings. The van der Waals surface area contributed by atoms with Crippen molar-refractivity contribution >= 4 is 6.03 Å². The van der Waals surface area contributed by atoms with E-state index in [0.717, 1.165) is 5.75 Å². The highest BCUT2D eigenvalue weighted by Gasteiger charge is 2.14. The van der Waals surface area contributed by atoms with Crippen molar-refractivity contribution < 1.29 is 9.53 Å². The molecular formula is C20H27N3O2. The van der Waals surface area contributed by atoms with Gasteiger partial charge in [0.2, 0.25) is 0 Å². The second-order valence-electron chi connectivity index (χ2n) is 6.19. The summed E-state index contributed by atoms with van der Waals surface area (Å²) in [6.45, 7) is 3.47. The van der Waals surface area contributed by atoms with Gasteiger partial charge in [-0.05, 0) is 38.7 Å². The van der Waals surface area contributed by atoms with E-state index in [1.54, 1.807) is 0 Å². The Kier molecular flexibility index (Phi) is 7.29. The minimum Gasteiger partial charge on any atom is -0.492 e. The number of amides is 2. The molecular weight excluding hydrogens is 314 g/mol. The normalized spacial score (nSPS) is 11.8. The fraction of sp³-hybridized carbons (Fsp3) is 0.350. The van der Waals surface area contributed by atoms with E-state index in [4.69, 9.17) is 4.74 Å². The van der Waals surface area contributed by atoms with Crippen LogP contribution in [0.25, 0.3) is 0 Å². The fourth-order valence-corrected chi connectivity index (χ4v) is 2.49. The molecule has 1 atom stereocenters. The average molecular weight is 341 g/mol. The number of nitrogens with zero attached hydrogens (tertiary/aromatic N) is 1. The van der Waals surface area contributed by atoms with Gasteiger partial charge in [0, 0.05) is 6.54 Å². The van der Waals surface area contributed by atoms with Gasteiger partial charge in [0.15, 0.2) is 0 Å². The van der Waals surface area contributed by atoms with Gasteiger partial charge in [-0.1, -0.05) is 48.0 Å². The minimum atomic E-state index is -0.185. The first kappa shape index (κ1) is 18.8. The molecule has 0 heterocycles. The third kappa shape index (κ3) is 6.47. The molecule has 0 aromatic heterocycles. The molecule has 2 N–H and O–H groups in total. The summed E-state index contributed by atoms with van der Waals surface area (Å²) in [5.41, 5.74) is 2.37. The van der Waals surface area contributed by atoms with E-state index in [1.165, 1.54) is 11.1 Å². The van der Waals surface area contributed by atoms with Gasteiger partial charge in [-0.25, -0.2) is 4.79 Å². The van der Waals surface area contributed by atoms with Crippen molar-refractivity contribution in [2.75, 3.05) is 33.8 Å². The first-order chi connectivity index (χ1) is 12.1. The molecule has 5 nitrogen and oxygen atoms in total. The van der Waals surface area contributed by atoms with Crippen LogP contribution in [0.5, 0.6) is 5.75 Å². The van der Waals surface area contributed by atoms with E-state index in [2.05, 4.69) is 27.7 Å². The molecule has 0 aliphatic heterocycles. The largest absolute Gasteiger partial charge is 0.492 e. The van der Waals surface area contributed by atoms with Crippen LogP contribution >= 0.6 is 0 Å². The second-order valence-corrected chi connectivity index (χ2v) is 6.19. The van der Waals surface area contributed by atoms with E-state index in [-0.39, 0.29) is 12.1 Å². The predicted molar refractivity (Wildman–Crippen MR) is 101 cm³/mol. The summed E-state index contributed by atoms with van der Waals surface area (Å²) in [6.07, 6.45) is 0. The SMILES string of the molecule is Cc1ccc(OCCNC(=O)NCC(c2ccccc2)N(C)C)cc1. The van der Waals surface area contributed by atoms with Crippen molar-refractivity contribution in [1.82, 2.24) is 15.5 Å². The lowest BCUT2D eigenvalue weighted by molar-refractivity contribution is 0.229. The third-order valence-electron chi connectivity index (χ3n) is 3.94. The Balaban J connectivity index is 1.69. The van der Waals surface area contributed by atoms with Gasteiger partial charge in [0.25, 0.3) is 0 Å². The Morgan fingerprint density at radius 3 is 2.36 bits per heavy atom. The van der Waals surface area contributed by atoms with Crippen LogP contribution in [-0.2, 0) is 0 Å². The number of nitrogens with one attached hydrogen (secondary N) is 2. The molecule has 0 spiro atoms. The molecule has 1 unspecified atom stereocenters. The fourth-order valence-electron chi connectivity index (χ4n) is 2.49. The standard InChI is InChI=1S/C20H27N3O2/c1-16-9-11-18(12-10-16)25-14-13-21-20(24)22-15-19(23(2)3)17-7-5-4-6-8-17/h4-12,19H,13-15H2,1-3H3,(H2,21,22,24). The van der Waals surface area contributed by atoms with Gasteiger partial charge in [-0.2, -0.15) is 0 Å². The van der Waals surface area contributed by atoms with Gasteiger partial charge in [0.1, 0.15) is 12.4 Å². The number of aryl methyl sites for hydroxylation is 1. The van der Waals surface area contributed by atoms with Crippen LogP contribution in [-0.4, -0.2) is 44.7 Å². The maximum Gasteiger partial charge on any atom is 0.314 e.